The molecule has 1 rings (SSSR count). The third-order valence-electron chi connectivity index (χ3n) is 1.29. The maximum absolute atomic E-state index is 11.9. The van der Waals surface area contributed by atoms with Crippen LogP contribution in [0.25, 0.3) is 0 Å². The highest BCUT2D eigenvalue weighted by Crippen LogP contribution is 2.17. The molecule has 0 bridgehead atoms. The van der Waals surface area contributed by atoms with Crippen LogP contribution in [0.2, 0.25) is 0 Å². The summed E-state index contributed by atoms with van der Waals surface area (Å²) in [6.45, 7) is -1.09. The second-order valence-electron chi connectivity index (χ2n) is 2.31. The van der Waals surface area contributed by atoms with Gasteiger partial charge in [-0.25, -0.2) is 4.98 Å². The molecule has 0 aliphatic heterocycles. The lowest BCUT2D eigenvalue weighted by Gasteiger charge is -2.07. The second-order valence-corrected chi connectivity index (χ2v) is 2.31. The van der Waals surface area contributed by atoms with Crippen LogP contribution in [-0.2, 0) is 6.54 Å². The van der Waals surface area contributed by atoms with Gasteiger partial charge in [-0.15, -0.1) is 0 Å². The van der Waals surface area contributed by atoms with E-state index in [9.17, 15) is 13.2 Å². The van der Waals surface area contributed by atoms with Crippen LogP contribution in [0.5, 0.6) is 0 Å². The lowest BCUT2D eigenvalue weighted by Crippen LogP contribution is -2.19. The zero-order valence-electron chi connectivity index (χ0n) is 6.49. The summed E-state index contributed by atoms with van der Waals surface area (Å²) in [6.07, 6.45) is -0.739. The van der Waals surface area contributed by atoms with E-state index in [1.807, 2.05) is 0 Å². The predicted octanol–water partition coefficient (Wildman–Crippen LogP) is 0.738. The molecular formula is C6H7F3N4. The van der Waals surface area contributed by atoms with E-state index in [1.165, 1.54) is 12.4 Å². The Morgan fingerprint density at radius 2 is 2.31 bits per heavy atom. The predicted molar refractivity (Wildman–Crippen MR) is 40.1 cm³/mol. The minimum atomic E-state index is -4.27. The maximum Gasteiger partial charge on any atom is 0.406 e. The van der Waals surface area contributed by atoms with Crippen LogP contribution in [0.15, 0.2) is 17.5 Å². The van der Waals surface area contributed by atoms with Crippen LogP contribution in [0.1, 0.15) is 5.82 Å². The minimum absolute atomic E-state index is 0.0832. The van der Waals surface area contributed by atoms with Crippen molar-refractivity contribution in [3.63, 3.8) is 0 Å². The molecule has 0 fully saturated rings. The molecule has 0 saturated carbocycles. The van der Waals surface area contributed by atoms with E-state index in [2.05, 4.69) is 10.1 Å². The van der Waals surface area contributed by atoms with Gasteiger partial charge in [-0.1, -0.05) is 0 Å². The van der Waals surface area contributed by atoms with Gasteiger partial charge in [0.15, 0.2) is 5.82 Å². The third kappa shape index (κ3) is 2.77. The molecule has 72 valence electrons. The zero-order chi connectivity index (χ0) is 9.90. The highest BCUT2D eigenvalue weighted by Gasteiger charge is 2.28. The van der Waals surface area contributed by atoms with Crippen molar-refractivity contribution >= 4 is 6.21 Å². The van der Waals surface area contributed by atoms with E-state index >= 15 is 0 Å². The van der Waals surface area contributed by atoms with Gasteiger partial charge < -0.3 is 10.4 Å². The fourth-order valence-electron chi connectivity index (χ4n) is 0.842. The molecule has 1 heterocycles. The third-order valence-corrected chi connectivity index (χ3v) is 1.29. The van der Waals surface area contributed by atoms with Crippen molar-refractivity contribution in [2.75, 3.05) is 0 Å². The molecule has 1 aromatic heterocycles. The normalized spacial score (nSPS) is 12.5. The fourth-order valence-corrected chi connectivity index (χ4v) is 0.842. The Morgan fingerprint density at radius 1 is 1.62 bits per heavy atom. The first kappa shape index (κ1) is 9.56. The number of aromatic nitrogens is 2. The molecule has 7 heteroatoms. The van der Waals surface area contributed by atoms with Gasteiger partial charge in [-0.3, -0.25) is 0 Å². The van der Waals surface area contributed by atoms with Crippen molar-refractivity contribution in [1.29, 1.82) is 0 Å². The van der Waals surface area contributed by atoms with E-state index in [0.717, 1.165) is 10.8 Å². The van der Waals surface area contributed by atoms with Gasteiger partial charge in [0.25, 0.3) is 0 Å². The van der Waals surface area contributed by atoms with Gasteiger partial charge >= 0.3 is 6.18 Å². The first-order valence-corrected chi connectivity index (χ1v) is 3.34. The number of hydrazone groups is 1. The van der Waals surface area contributed by atoms with Crippen molar-refractivity contribution in [3.8, 4) is 0 Å². The van der Waals surface area contributed by atoms with Gasteiger partial charge in [-0.05, 0) is 0 Å². The molecule has 0 unspecified atom stereocenters. The number of halogens is 3. The van der Waals surface area contributed by atoms with E-state index in [1.54, 1.807) is 0 Å². The average molecular weight is 192 g/mol. The molecule has 4 nitrogen and oxygen atoms in total. The summed E-state index contributed by atoms with van der Waals surface area (Å²) in [7, 11) is 0. The average Bonchev–Trinajstić information content (AvgIpc) is 2.34. The van der Waals surface area contributed by atoms with Crippen LogP contribution < -0.4 is 5.84 Å². The van der Waals surface area contributed by atoms with Crippen molar-refractivity contribution in [2.24, 2.45) is 10.9 Å². The molecule has 0 aromatic carbocycles. The molecule has 0 saturated heterocycles. The summed E-state index contributed by atoms with van der Waals surface area (Å²) in [5.74, 6) is 4.87. The zero-order valence-corrected chi connectivity index (χ0v) is 6.49. The molecule has 2 N–H and O–H groups in total. The molecule has 0 radical (unpaired) electrons. The van der Waals surface area contributed by atoms with Crippen LogP contribution in [0, 0.1) is 0 Å². The minimum Gasteiger partial charge on any atom is -0.323 e. The van der Waals surface area contributed by atoms with Gasteiger partial charge in [0.2, 0.25) is 0 Å². The molecule has 0 spiro atoms. The summed E-state index contributed by atoms with van der Waals surface area (Å²) in [5, 5.41) is 3.09. The Bertz CT molecular complexity index is 301. The SMILES string of the molecule is N/N=C/c1nccn1CC(F)(F)F. The first-order chi connectivity index (χ1) is 6.03. The smallest absolute Gasteiger partial charge is 0.323 e. The second kappa shape index (κ2) is 3.46. The summed E-state index contributed by atoms with van der Waals surface area (Å²) in [5.41, 5.74) is 0. The number of imidazole rings is 1. The van der Waals surface area contributed by atoms with Gasteiger partial charge in [0.1, 0.15) is 6.54 Å². The number of nitrogens with zero attached hydrogens (tertiary/aromatic N) is 3. The molecule has 0 aliphatic carbocycles. The standard InChI is InChI=1S/C6H7F3N4/c7-6(8,9)4-13-2-1-11-5(13)3-12-10/h1-3H,4,10H2/b12-3+. The number of alkyl halides is 3. The van der Waals surface area contributed by atoms with Crippen LogP contribution >= 0.6 is 0 Å². The van der Waals surface area contributed by atoms with Crippen LogP contribution in [0.4, 0.5) is 13.2 Å². The van der Waals surface area contributed by atoms with Crippen molar-refractivity contribution < 1.29 is 13.2 Å². The van der Waals surface area contributed by atoms with Crippen molar-refractivity contribution in [1.82, 2.24) is 9.55 Å². The lowest BCUT2D eigenvalue weighted by molar-refractivity contribution is -0.140. The van der Waals surface area contributed by atoms with E-state index in [-0.39, 0.29) is 5.82 Å². The molecule has 1 aromatic rings. The number of nitrogens with two attached hydrogens (primary N) is 1. The number of rotatable bonds is 2. The Labute approximate surface area is 71.9 Å². The largest absolute Gasteiger partial charge is 0.406 e. The summed E-state index contributed by atoms with van der Waals surface area (Å²) in [4.78, 5) is 3.62. The molecule has 13 heavy (non-hydrogen) atoms. The van der Waals surface area contributed by atoms with Gasteiger partial charge in [0, 0.05) is 12.4 Å². The van der Waals surface area contributed by atoms with Gasteiger partial charge in [-0.2, -0.15) is 18.3 Å². The van der Waals surface area contributed by atoms with E-state index in [4.69, 9.17) is 5.84 Å². The summed E-state index contributed by atoms with van der Waals surface area (Å²) < 4.78 is 36.7. The number of hydrogen-bond acceptors (Lipinski definition) is 3. The molecule has 0 amide bonds. The maximum atomic E-state index is 11.9. The van der Waals surface area contributed by atoms with E-state index < -0.39 is 12.7 Å². The Morgan fingerprint density at radius 3 is 2.85 bits per heavy atom. The first-order valence-electron chi connectivity index (χ1n) is 3.34. The highest BCUT2D eigenvalue weighted by atomic mass is 19.4. The summed E-state index contributed by atoms with van der Waals surface area (Å²) in [6, 6.07) is 0. The van der Waals surface area contributed by atoms with Crippen molar-refractivity contribution in [3.05, 3.63) is 18.2 Å². The van der Waals surface area contributed by atoms with Crippen LogP contribution in [-0.4, -0.2) is 21.9 Å². The fraction of sp³-hybridized carbons (Fsp3) is 0.333. The number of hydrogen-bond donors (Lipinski definition) is 1. The molecule has 0 aliphatic rings. The van der Waals surface area contributed by atoms with Crippen molar-refractivity contribution in [2.45, 2.75) is 12.7 Å². The Kier molecular flexibility index (Phi) is 2.54. The topological polar surface area (TPSA) is 56.2 Å². The Balaban J connectivity index is 2.82. The quantitative estimate of drug-likeness (QED) is 0.426. The molecular weight excluding hydrogens is 185 g/mol. The lowest BCUT2D eigenvalue weighted by atomic mass is 10.5. The van der Waals surface area contributed by atoms with Gasteiger partial charge in [0.05, 0.1) is 6.21 Å². The van der Waals surface area contributed by atoms with Crippen LogP contribution in [0.3, 0.4) is 0 Å². The van der Waals surface area contributed by atoms with E-state index in [0.29, 0.717) is 0 Å². The molecule has 0 atom stereocenters. The summed E-state index contributed by atoms with van der Waals surface area (Å²) >= 11 is 0. The highest BCUT2D eigenvalue weighted by molar-refractivity contribution is 5.74. The monoisotopic (exact) mass is 192 g/mol. The Hall–Kier alpha value is -1.53.